The van der Waals surface area contributed by atoms with Crippen LogP contribution in [0.5, 0.6) is 0 Å². The molecule has 0 N–H and O–H groups in total. The molecule has 6 heteroatoms. The number of nitrogens with zero attached hydrogens (tertiary/aromatic N) is 2. The largest absolute Gasteiger partial charge is 0.375 e. The molecule has 1 amide bonds. The van der Waals surface area contributed by atoms with Gasteiger partial charge in [0, 0.05) is 13.6 Å². The normalized spacial score (nSPS) is 12.2. The summed E-state index contributed by atoms with van der Waals surface area (Å²) in [5, 5.41) is 8.54. The fraction of sp³-hybridized carbons (Fsp3) is 0.800. The van der Waals surface area contributed by atoms with E-state index in [4.69, 9.17) is 5.26 Å². The van der Waals surface area contributed by atoms with E-state index in [-0.39, 0.29) is 24.9 Å². The molecule has 0 aliphatic rings. The van der Waals surface area contributed by atoms with Crippen molar-refractivity contribution < 1.29 is 18.3 Å². The Morgan fingerprint density at radius 3 is 2.69 bits per heavy atom. The molecule has 0 fully saturated rings. The van der Waals surface area contributed by atoms with Crippen LogP contribution in [0.3, 0.4) is 0 Å². The van der Waals surface area contributed by atoms with Crippen molar-refractivity contribution >= 4 is 5.91 Å². The number of carbonyl (C=O) groups is 1. The molecule has 16 heavy (non-hydrogen) atoms. The third-order valence-electron chi connectivity index (χ3n) is 1.90. The zero-order valence-corrected chi connectivity index (χ0v) is 9.45. The molecule has 0 aromatic rings. The summed E-state index contributed by atoms with van der Waals surface area (Å²) in [4.78, 5) is 12.8. The molecular formula is C10H16F2N2O2. The Kier molecular flexibility index (Phi) is 7.38. The van der Waals surface area contributed by atoms with Crippen LogP contribution < -0.4 is 0 Å². The molecule has 0 spiro atoms. The monoisotopic (exact) mass is 234 g/mol. The standard InChI is InChI=1S/C10H16F2N2O2/c1-8(5-13)6-14(2)10(15)3-4-16-7-9(11)12/h8-9H,3-4,6-7H2,1-2H3. The van der Waals surface area contributed by atoms with Crippen LogP contribution in [0.2, 0.25) is 0 Å². The second-order valence-corrected chi connectivity index (χ2v) is 3.52. The molecule has 0 bridgehead atoms. The number of hydrogen-bond acceptors (Lipinski definition) is 3. The summed E-state index contributed by atoms with van der Waals surface area (Å²) in [5.74, 6) is -0.452. The molecule has 1 unspecified atom stereocenters. The number of carbonyl (C=O) groups excluding carboxylic acids is 1. The maximum absolute atomic E-state index is 11.7. The van der Waals surface area contributed by atoms with Crippen molar-refractivity contribution in [3.63, 3.8) is 0 Å². The van der Waals surface area contributed by atoms with Gasteiger partial charge >= 0.3 is 0 Å². The lowest BCUT2D eigenvalue weighted by Gasteiger charge is -2.18. The number of amides is 1. The highest BCUT2D eigenvalue weighted by Crippen LogP contribution is 2.00. The summed E-state index contributed by atoms with van der Waals surface area (Å²) in [6.45, 7) is 1.38. The van der Waals surface area contributed by atoms with Crippen LogP contribution in [0.25, 0.3) is 0 Å². The van der Waals surface area contributed by atoms with E-state index in [0.717, 1.165) is 0 Å². The second kappa shape index (κ2) is 7.99. The van der Waals surface area contributed by atoms with Crippen LogP contribution >= 0.6 is 0 Å². The highest BCUT2D eigenvalue weighted by molar-refractivity contribution is 5.75. The van der Waals surface area contributed by atoms with Gasteiger partial charge in [-0.05, 0) is 6.92 Å². The average molecular weight is 234 g/mol. The Balaban J connectivity index is 3.68. The van der Waals surface area contributed by atoms with Crippen LogP contribution in [0.4, 0.5) is 8.78 Å². The predicted molar refractivity (Wildman–Crippen MR) is 53.9 cm³/mol. The zero-order valence-electron chi connectivity index (χ0n) is 9.45. The van der Waals surface area contributed by atoms with Gasteiger partial charge in [0.2, 0.25) is 5.91 Å². The molecule has 1 atom stereocenters. The molecule has 0 aliphatic heterocycles. The van der Waals surface area contributed by atoms with Crippen LogP contribution in [0, 0.1) is 17.2 Å². The first kappa shape index (κ1) is 14.8. The molecule has 0 saturated heterocycles. The Hall–Kier alpha value is -1.22. The lowest BCUT2D eigenvalue weighted by Crippen LogP contribution is -2.31. The average Bonchev–Trinajstić information content (AvgIpc) is 2.23. The topological polar surface area (TPSA) is 53.3 Å². The Morgan fingerprint density at radius 2 is 2.19 bits per heavy atom. The number of ether oxygens (including phenoxy) is 1. The van der Waals surface area contributed by atoms with Crippen molar-refractivity contribution in [2.75, 3.05) is 26.8 Å². The van der Waals surface area contributed by atoms with Gasteiger partial charge in [-0.1, -0.05) is 0 Å². The number of halogens is 2. The molecule has 0 aliphatic carbocycles. The lowest BCUT2D eigenvalue weighted by molar-refractivity contribution is -0.131. The SMILES string of the molecule is CC(C#N)CN(C)C(=O)CCOCC(F)F. The van der Waals surface area contributed by atoms with Gasteiger partial charge in [-0.15, -0.1) is 0 Å². The van der Waals surface area contributed by atoms with E-state index in [1.54, 1.807) is 14.0 Å². The number of hydrogen-bond donors (Lipinski definition) is 0. The first-order chi connectivity index (χ1) is 7.47. The minimum Gasteiger partial charge on any atom is -0.375 e. The molecule has 4 nitrogen and oxygen atoms in total. The van der Waals surface area contributed by atoms with Crippen molar-refractivity contribution in [2.24, 2.45) is 5.92 Å². The number of alkyl halides is 2. The van der Waals surface area contributed by atoms with Gasteiger partial charge in [-0.2, -0.15) is 5.26 Å². The predicted octanol–water partition coefficient (Wildman–Crippen LogP) is 1.28. The summed E-state index contributed by atoms with van der Waals surface area (Å²) in [7, 11) is 1.57. The minimum absolute atomic E-state index is 0.0194. The van der Waals surface area contributed by atoms with E-state index < -0.39 is 13.0 Å². The van der Waals surface area contributed by atoms with Gasteiger partial charge in [0.05, 0.1) is 25.0 Å². The zero-order chi connectivity index (χ0) is 12.6. The van der Waals surface area contributed by atoms with Crippen LogP contribution in [-0.2, 0) is 9.53 Å². The van der Waals surface area contributed by atoms with Gasteiger partial charge in [-0.25, -0.2) is 8.78 Å². The Labute approximate surface area is 93.8 Å². The van der Waals surface area contributed by atoms with Gasteiger partial charge in [0.1, 0.15) is 6.61 Å². The van der Waals surface area contributed by atoms with Crippen molar-refractivity contribution in [1.82, 2.24) is 4.90 Å². The van der Waals surface area contributed by atoms with Crippen molar-refractivity contribution in [3.8, 4) is 6.07 Å². The van der Waals surface area contributed by atoms with Crippen LogP contribution in [-0.4, -0.2) is 44.0 Å². The van der Waals surface area contributed by atoms with Crippen molar-refractivity contribution in [2.45, 2.75) is 19.8 Å². The third-order valence-corrected chi connectivity index (χ3v) is 1.90. The van der Waals surface area contributed by atoms with Gasteiger partial charge < -0.3 is 9.64 Å². The van der Waals surface area contributed by atoms with Crippen LogP contribution in [0.15, 0.2) is 0 Å². The molecule has 0 aromatic heterocycles. The summed E-state index contributed by atoms with van der Waals surface area (Å²) in [5.41, 5.74) is 0. The van der Waals surface area contributed by atoms with E-state index in [1.807, 2.05) is 6.07 Å². The number of nitriles is 1. The Morgan fingerprint density at radius 1 is 1.56 bits per heavy atom. The smallest absolute Gasteiger partial charge is 0.261 e. The van der Waals surface area contributed by atoms with E-state index in [9.17, 15) is 13.6 Å². The minimum atomic E-state index is -2.51. The highest BCUT2D eigenvalue weighted by atomic mass is 19.3. The van der Waals surface area contributed by atoms with Crippen LogP contribution in [0.1, 0.15) is 13.3 Å². The first-order valence-electron chi connectivity index (χ1n) is 4.96. The molecule has 0 radical (unpaired) electrons. The highest BCUT2D eigenvalue weighted by Gasteiger charge is 2.12. The van der Waals surface area contributed by atoms with E-state index in [0.29, 0.717) is 6.54 Å². The third kappa shape index (κ3) is 7.12. The Bertz CT molecular complexity index is 254. The number of rotatable bonds is 7. The molecule has 0 saturated carbocycles. The quantitative estimate of drug-likeness (QED) is 0.623. The van der Waals surface area contributed by atoms with E-state index in [2.05, 4.69) is 4.74 Å². The fourth-order valence-electron chi connectivity index (χ4n) is 1.08. The van der Waals surface area contributed by atoms with E-state index >= 15 is 0 Å². The summed E-state index contributed by atoms with van der Waals surface area (Å²) < 4.78 is 27.9. The molecule has 0 aromatic carbocycles. The molecular weight excluding hydrogens is 218 g/mol. The van der Waals surface area contributed by atoms with Crippen molar-refractivity contribution in [1.29, 1.82) is 5.26 Å². The molecule has 0 rings (SSSR count). The first-order valence-corrected chi connectivity index (χ1v) is 4.96. The van der Waals surface area contributed by atoms with Gasteiger partial charge in [0.15, 0.2) is 0 Å². The summed E-state index contributed by atoms with van der Waals surface area (Å²) in [6, 6.07) is 2.01. The van der Waals surface area contributed by atoms with E-state index in [1.165, 1.54) is 4.90 Å². The fourth-order valence-corrected chi connectivity index (χ4v) is 1.08. The van der Waals surface area contributed by atoms with Gasteiger partial charge in [-0.3, -0.25) is 4.79 Å². The lowest BCUT2D eigenvalue weighted by atomic mass is 10.2. The maximum Gasteiger partial charge on any atom is 0.261 e. The van der Waals surface area contributed by atoms with Crippen molar-refractivity contribution in [3.05, 3.63) is 0 Å². The maximum atomic E-state index is 11.7. The molecule has 92 valence electrons. The van der Waals surface area contributed by atoms with Gasteiger partial charge in [0.25, 0.3) is 6.43 Å². The second-order valence-electron chi connectivity index (χ2n) is 3.52. The molecule has 0 heterocycles. The summed E-state index contributed by atoms with van der Waals surface area (Å²) in [6.07, 6.45) is -2.45. The summed E-state index contributed by atoms with van der Waals surface area (Å²) >= 11 is 0.